The quantitative estimate of drug-likeness (QED) is 0.636. The number of hydrogen-bond acceptors (Lipinski definition) is 5. The highest BCUT2D eigenvalue weighted by atomic mass is 19.1. The fourth-order valence-corrected chi connectivity index (χ4v) is 3.42. The van der Waals surface area contributed by atoms with Gasteiger partial charge >= 0.3 is 0 Å². The topological polar surface area (TPSA) is 50.8 Å². The highest BCUT2D eigenvalue weighted by Gasteiger charge is 2.20. The molecule has 1 atom stereocenters. The molecule has 150 valence electrons. The number of likely N-dealkylation sites (tertiary alicyclic amines) is 1. The van der Waals surface area contributed by atoms with Crippen LogP contribution < -0.4 is 14.8 Å². The number of halogens is 1. The van der Waals surface area contributed by atoms with Crippen LogP contribution in [0.15, 0.2) is 42.5 Å². The van der Waals surface area contributed by atoms with Crippen molar-refractivity contribution in [1.82, 2.24) is 10.2 Å². The Bertz CT molecular complexity index is 778. The normalized spacial score (nSPS) is 15.4. The van der Waals surface area contributed by atoms with Crippen LogP contribution >= 0.6 is 0 Å². The van der Waals surface area contributed by atoms with Crippen molar-refractivity contribution >= 4 is 6.29 Å². The molecule has 2 aromatic carbocycles. The summed E-state index contributed by atoms with van der Waals surface area (Å²) in [4.78, 5) is 13.5. The Kier molecular flexibility index (Phi) is 7.39. The van der Waals surface area contributed by atoms with Crippen LogP contribution in [0.4, 0.5) is 4.39 Å². The summed E-state index contributed by atoms with van der Waals surface area (Å²) < 4.78 is 24.5. The van der Waals surface area contributed by atoms with E-state index in [0.29, 0.717) is 18.0 Å². The Morgan fingerprint density at radius 3 is 2.68 bits per heavy atom. The zero-order chi connectivity index (χ0) is 19.8. The Labute approximate surface area is 165 Å². The Morgan fingerprint density at radius 1 is 1.14 bits per heavy atom. The van der Waals surface area contributed by atoms with Crippen LogP contribution in [0.5, 0.6) is 11.5 Å². The molecule has 2 aromatic rings. The molecule has 0 amide bonds. The third-order valence-electron chi connectivity index (χ3n) is 4.94. The van der Waals surface area contributed by atoms with E-state index in [2.05, 4.69) is 10.2 Å². The number of methoxy groups -OCH3 is 1. The molecule has 1 fully saturated rings. The molecule has 1 aliphatic rings. The largest absolute Gasteiger partial charge is 0.493 e. The van der Waals surface area contributed by atoms with Crippen LogP contribution in [0.2, 0.25) is 0 Å². The number of nitrogens with zero attached hydrogens (tertiary/aromatic N) is 1. The molecule has 1 heterocycles. The number of carbonyl (C=O) groups excluding carboxylic acids is 1. The SMILES string of the molecule is COc1cc(CCNC(C=O)N2CCCC2)ccc1OCc1cccc(F)c1. The van der Waals surface area contributed by atoms with E-state index in [-0.39, 0.29) is 18.6 Å². The lowest BCUT2D eigenvalue weighted by atomic mass is 10.1. The van der Waals surface area contributed by atoms with Crippen LogP contribution in [0.1, 0.15) is 24.0 Å². The summed E-state index contributed by atoms with van der Waals surface area (Å²) in [7, 11) is 1.60. The highest BCUT2D eigenvalue weighted by Crippen LogP contribution is 2.29. The van der Waals surface area contributed by atoms with Crippen molar-refractivity contribution in [2.75, 3.05) is 26.7 Å². The lowest BCUT2D eigenvalue weighted by molar-refractivity contribution is -0.113. The molecule has 6 heteroatoms. The summed E-state index contributed by atoms with van der Waals surface area (Å²) in [5.74, 6) is 0.977. The van der Waals surface area contributed by atoms with Crippen molar-refractivity contribution in [2.45, 2.75) is 32.0 Å². The molecule has 0 aromatic heterocycles. The molecule has 0 saturated carbocycles. The van der Waals surface area contributed by atoms with Gasteiger partial charge in [0.25, 0.3) is 0 Å². The summed E-state index contributed by atoms with van der Waals surface area (Å²) >= 11 is 0. The zero-order valence-corrected chi connectivity index (χ0v) is 16.2. The van der Waals surface area contributed by atoms with Gasteiger partial charge in [0.2, 0.25) is 0 Å². The standard InChI is InChI=1S/C22H27FN2O3/c1-27-21-14-17(9-10-24-22(15-26)25-11-2-3-12-25)7-8-20(21)28-16-18-5-4-6-19(23)13-18/h4-8,13-15,22,24H,2-3,9-12,16H2,1H3. The summed E-state index contributed by atoms with van der Waals surface area (Å²) in [6.45, 7) is 2.92. The van der Waals surface area contributed by atoms with Crippen molar-refractivity contribution in [3.8, 4) is 11.5 Å². The molecule has 1 N–H and O–H groups in total. The molecule has 0 bridgehead atoms. The van der Waals surface area contributed by atoms with Gasteiger partial charge in [0.05, 0.1) is 7.11 Å². The monoisotopic (exact) mass is 386 g/mol. The molecular formula is C22H27FN2O3. The van der Waals surface area contributed by atoms with Crippen molar-refractivity contribution in [3.05, 3.63) is 59.4 Å². The van der Waals surface area contributed by atoms with Crippen LogP contribution in [0.25, 0.3) is 0 Å². The summed E-state index contributed by atoms with van der Waals surface area (Å²) in [5, 5.41) is 3.31. The molecule has 1 unspecified atom stereocenters. The van der Waals surface area contributed by atoms with Gasteiger partial charge in [-0.1, -0.05) is 18.2 Å². The maximum atomic E-state index is 13.3. The Hall–Kier alpha value is -2.44. The van der Waals surface area contributed by atoms with Crippen LogP contribution in [-0.4, -0.2) is 44.1 Å². The van der Waals surface area contributed by atoms with Gasteiger partial charge < -0.3 is 14.3 Å². The van der Waals surface area contributed by atoms with Crippen LogP contribution in [0.3, 0.4) is 0 Å². The van der Waals surface area contributed by atoms with E-state index in [4.69, 9.17) is 9.47 Å². The average molecular weight is 386 g/mol. The van der Waals surface area contributed by atoms with Gasteiger partial charge in [-0.15, -0.1) is 0 Å². The lowest BCUT2D eigenvalue weighted by Gasteiger charge is -2.23. The number of carbonyl (C=O) groups is 1. The van der Waals surface area contributed by atoms with E-state index in [1.807, 2.05) is 24.3 Å². The third kappa shape index (κ3) is 5.53. The molecule has 0 spiro atoms. The van der Waals surface area contributed by atoms with Crippen molar-refractivity contribution < 1.29 is 18.7 Å². The minimum atomic E-state index is -0.279. The summed E-state index contributed by atoms with van der Waals surface area (Å²) in [5.41, 5.74) is 1.85. The predicted octanol–water partition coefficient (Wildman–Crippen LogP) is 3.17. The molecule has 0 radical (unpaired) electrons. The first-order valence-electron chi connectivity index (χ1n) is 9.66. The minimum absolute atomic E-state index is 0.210. The molecule has 1 aliphatic heterocycles. The van der Waals surface area contributed by atoms with E-state index in [0.717, 1.165) is 49.8 Å². The number of ether oxygens (including phenoxy) is 2. The second-order valence-electron chi connectivity index (χ2n) is 6.93. The maximum absolute atomic E-state index is 13.3. The van der Waals surface area contributed by atoms with Crippen LogP contribution in [-0.2, 0) is 17.8 Å². The van der Waals surface area contributed by atoms with Gasteiger partial charge in [-0.05, 0) is 54.7 Å². The van der Waals surface area contributed by atoms with Gasteiger partial charge in [-0.2, -0.15) is 0 Å². The molecule has 5 nitrogen and oxygen atoms in total. The Balaban J connectivity index is 1.54. The van der Waals surface area contributed by atoms with Crippen molar-refractivity contribution in [3.63, 3.8) is 0 Å². The van der Waals surface area contributed by atoms with E-state index in [1.165, 1.54) is 12.1 Å². The second kappa shape index (κ2) is 10.2. The van der Waals surface area contributed by atoms with Crippen LogP contribution in [0, 0.1) is 5.82 Å². The number of benzene rings is 2. The fraction of sp³-hybridized carbons (Fsp3) is 0.409. The Morgan fingerprint density at radius 2 is 1.96 bits per heavy atom. The lowest BCUT2D eigenvalue weighted by Crippen LogP contribution is -2.46. The number of hydrogen-bond donors (Lipinski definition) is 1. The minimum Gasteiger partial charge on any atom is -0.493 e. The first-order chi connectivity index (χ1) is 13.7. The van der Waals surface area contributed by atoms with E-state index in [9.17, 15) is 9.18 Å². The summed E-state index contributed by atoms with van der Waals surface area (Å²) in [6.07, 6.45) is 3.85. The van der Waals surface area contributed by atoms with Gasteiger partial charge in [-0.3, -0.25) is 10.2 Å². The zero-order valence-electron chi connectivity index (χ0n) is 16.2. The number of aldehydes is 1. The van der Waals surface area contributed by atoms with Gasteiger partial charge in [0.1, 0.15) is 18.6 Å². The fourth-order valence-electron chi connectivity index (χ4n) is 3.42. The van der Waals surface area contributed by atoms with Gasteiger partial charge in [0.15, 0.2) is 17.8 Å². The molecule has 28 heavy (non-hydrogen) atoms. The highest BCUT2D eigenvalue weighted by molar-refractivity contribution is 5.57. The van der Waals surface area contributed by atoms with Gasteiger partial charge in [-0.25, -0.2) is 4.39 Å². The van der Waals surface area contributed by atoms with E-state index >= 15 is 0 Å². The van der Waals surface area contributed by atoms with Gasteiger partial charge in [0, 0.05) is 19.6 Å². The maximum Gasteiger partial charge on any atom is 0.161 e. The molecule has 1 saturated heterocycles. The molecule has 0 aliphatic carbocycles. The molecule has 3 rings (SSSR count). The number of rotatable bonds is 10. The predicted molar refractivity (Wildman–Crippen MR) is 106 cm³/mol. The smallest absolute Gasteiger partial charge is 0.161 e. The van der Waals surface area contributed by atoms with Crippen molar-refractivity contribution in [1.29, 1.82) is 0 Å². The first-order valence-corrected chi connectivity index (χ1v) is 9.66. The van der Waals surface area contributed by atoms with Crippen molar-refractivity contribution in [2.24, 2.45) is 0 Å². The summed E-state index contributed by atoms with van der Waals surface area (Å²) in [6, 6.07) is 12.1. The first kappa shape index (κ1) is 20.3. The third-order valence-corrected chi connectivity index (χ3v) is 4.94. The second-order valence-corrected chi connectivity index (χ2v) is 6.93. The average Bonchev–Trinajstić information content (AvgIpc) is 3.24. The number of nitrogens with one attached hydrogen (secondary N) is 1. The van der Waals surface area contributed by atoms with E-state index in [1.54, 1.807) is 13.2 Å². The van der Waals surface area contributed by atoms with E-state index < -0.39 is 0 Å². The molecular weight excluding hydrogens is 359 g/mol.